The lowest BCUT2D eigenvalue weighted by Crippen LogP contribution is -2.41. The topological polar surface area (TPSA) is 68.7 Å². The zero-order chi connectivity index (χ0) is 23.4. The third-order valence-corrected chi connectivity index (χ3v) is 5.99. The highest BCUT2D eigenvalue weighted by Crippen LogP contribution is 2.31. The first-order valence-electron chi connectivity index (χ1n) is 11.5. The Bertz CT molecular complexity index is 1160. The molecule has 1 aromatic heterocycles. The van der Waals surface area contributed by atoms with Gasteiger partial charge in [0.05, 0.1) is 23.4 Å². The zero-order valence-corrected chi connectivity index (χ0v) is 19.5. The minimum atomic E-state index is -0.397. The van der Waals surface area contributed by atoms with E-state index in [2.05, 4.69) is 6.92 Å². The van der Waals surface area contributed by atoms with Crippen LogP contribution >= 0.6 is 0 Å². The van der Waals surface area contributed by atoms with Crippen molar-refractivity contribution in [2.75, 3.05) is 26.3 Å². The lowest BCUT2D eigenvalue weighted by molar-refractivity contribution is -0.135. The largest absolute Gasteiger partial charge is 0.483 e. The van der Waals surface area contributed by atoms with E-state index in [1.807, 2.05) is 42.2 Å². The van der Waals surface area contributed by atoms with Gasteiger partial charge in [0, 0.05) is 30.1 Å². The molecule has 2 aromatic carbocycles. The van der Waals surface area contributed by atoms with Crippen LogP contribution < -0.4 is 4.74 Å². The minimum Gasteiger partial charge on any atom is -0.483 e. The van der Waals surface area contributed by atoms with Gasteiger partial charge in [-0.05, 0) is 50.8 Å². The average Bonchev–Trinajstić information content (AvgIpc) is 2.82. The fourth-order valence-corrected chi connectivity index (χ4v) is 4.17. The summed E-state index contributed by atoms with van der Waals surface area (Å²) in [5.41, 5.74) is 3.99. The molecule has 1 saturated heterocycles. The summed E-state index contributed by atoms with van der Waals surface area (Å²) < 4.78 is 11.2. The molecule has 1 atom stereocenters. The molecule has 0 spiro atoms. The van der Waals surface area contributed by atoms with E-state index in [4.69, 9.17) is 14.5 Å². The van der Waals surface area contributed by atoms with E-state index in [0.717, 1.165) is 42.8 Å². The Kier molecular flexibility index (Phi) is 6.92. The molecule has 0 bridgehead atoms. The van der Waals surface area contributed by atoms with Gasteiger partial charge < -0.3 is 14.4 Å². The molecular weight excluding hydrogens is 416 g/mol. The summed E-state index contributed by atoms with van der Waals surface area (Å²) >= 11 is 0. The SMILES string of the molecule is CCOC(=O)c1ccc2nc(-c3ccc(C)cc3)cc(OCC(=O)N3CCC[C@H](C)C3)c2c1. The summed E-state index contributed by atoms with van der Waals surface area (Å²) in [6.45, 7) is 7.76. The smallest absolute Gasteiger partial charge is 0.338 e. The first kappa shape index (κ1) is 22.8. The maximum absolute atomic E-state index is 12.8. The second-order valence-corrected chi connectivity index (χ2v) is 8.70. The Hall–Kier alpha value is -3.41. The molecule has 172 valence electrons. The number of ether oxygens (including phenoxy) is 2. The number of esters is 1. The molecule has 0 unspecified atom stereocenters. The lowest BCUT2D eigenvalue weighted by Gasteiger charge is -2.30. The number of aromatic nitrogens is 1. The summed E-state index contributed by atoms with van der Waals surface area (Å²) in [6, 6.07) is 15.2. The molecule has 6 heteroatoms. The number of amides is 1. The summed E-state index contributed by atoms with van der Waals surface area (Å²) in [4.78, 5) is 31.8. The van der Waals surface area contributed by atoms with Crippen LogP contribution in [-0.4, -0.2) is 48.1 Å². The Morgan fingerprint density at radius 3 is 2.64 bits per heavy atom. The number of hydrogen-bond acceptors (Lipinski definition) is 5. The van der Waals surface area contributed by atoms with Gasteiger partial charge in [-0.25, -0.2) is 9.78 Å². The highest BCUT2D eigenvalue weighted by Gasteiger charge is 2.22. The van der Waals surface area contributed by atoms with Crippen LogP contribution in [-0.2, 0) is 9.53 Å². The van der Waals surface area contributed by atoms with Crippen LogP contribution in [0.3, 0.4) is 0 Å². The van der Waals surface area contributed by atoms with Crippen LogP contribution in [0.2, 0.25) is 0 Å². The van der Waals surface area contributed by atoms with Crippen LogP contribution in [0.25, 0.3) is 22.2 Å². The molecule has 1 fully saturated rings. The lowest BCUT2D eigenvalue weighted by atomic mass is 10.0. The predicted molar refractivity (Wildman–Crippen MR) is 128 cm³/mol. The normalized spacial score (nSPS) is 16.0. The van der Waals surface area contributed by atoms with Crippen molar-refractivity contribution < 1.29 is 19.1 Å². The van der Waals surface area contributed by atoms with E-state index in [-0.39, 0.29) is 12.5 Å². The number of nitrogens with zero attached hydrogens (tertiary/aromatic N) is 2. The number of piperidine rings is 1. The van der Waals surface area contributed by atoms with Gasteiger partial charge in [-0.2, -0.15) is 0 Å². The molecular formula is C27H30N2O4. The van der Waals surface area contributed by atoms with E-state index in [0.29, 0.717) is 34.7 Å². The number of carbonyl (C=O) groups excluding carboxylic acids is 2. The molecule has 0 aliphatic carbocycles. The van der Waals surface area contributed by atoms with Crippen molar-refractivity contribution in [2.45, 2.75) is 33.6 Å². The second kappa shape index (κ2) is 10.0. The molecule has 0 saturated carbocycles. The molecule has 0 radical (unpaired) electrons. The van der Waals surface area contributed by atoms with Gasteiger partial charge in [0.2, 0.25) is 0 Å². The van der Waals surface area contributed by atoms with Gasteiger partial charge in [-0.1, -0.05) is 36.8 Å². The second-order valence-electron chi connectivity index (χ2n) is 8.70. The molecule has 1 amide bonds. The van der Waals surface area contributed by atoms with Gasteiger partial charge in [-0.15, -0.1) is 0 Å². The van der Waals surface area contributed by atoms with Gasteiger partial charge >= 0.3 is 5.97 Å². The Balaban J connectivity index is 1.68. The molecule has 1 aliphatic rings. The van der Waals surface area contributed by atoms with Crippen LogP contribution in [0.5, 0.6) is 5.75 Å². The maximum atomic E-state index is 12.8. The molecule has 2 heterocycles. The average molecular weight is 447 g/mol. The van der Waals surface area contributed by atoms with E-state index >= 15 is 0 Å². The Morgan fingerprint density at radius 2 is 1.91 bits per heavy atom. The van der Waals surface area contributed by atoms with Crippen molar-refractivity contribution in [3.05, 3.63) is 59.7 Å². The third kappa shape index (κ3) is 5.33. The molecule has 33 heavy (non-hydrogen) atoms. The van der Waals surface area contributed by atoms with Crippen LogP contribution in [0.4, 0.5) is 0 Å². The summed E-state index contributed by atoms with van der Waals surface area (Å²) in [6.07, 6.45) is 2.17. The van der Waals surface area contributed by atoms with Gasteiger partial charge in [0.15, 0.2) is 6.61 Å². The van der Waals surface area contributed by atoms with Crippen molar-refractivity contribution >= 4 is 22.8 Å². The molecule has 3 aromatic rings. The summed E-state index contributed by atoms with van der Waals surface area (Å²) in [5.74, 6) is 0.612. The van der Waals surface area contributed by atoms with E-state index in [1.165, 1.54) is 0 Å². The summed E-state index contributed by atoms with van der Waals surface area (Å²) in [7, 11) is 0. The highest BCUT2D eigenvalue weighted by atomic mass is 16.5. The predicted octanol–water partition coefficient (Wildman–Crippen LogP) is 5.02. The molecule has 0 N–H and O–H groups in total. The minimum absolute atomic E-state index is 0.0232. The number of benzene rings is 2. The van der Waals surface area contributed by atoms with Crippen molar-refractivity contribution in [3.63, 3.8) is 0 Å². The fourth-order valence-electron chi connectivity index (χ4n) is 4.17. The molecule has 4 rings (SSSR count). The van der Waals surface area contributed by atoms with Crippen molar-refractivity contribution in [1.82, 2.24) is 9.88 Å². The number of rotatable bonds is 6. The highest BCUT2D eigenvalue weighted by molar-refractivity contribution is 5.97. The van der Waals surface area contributed by atoms with Gasteiger partial charge in [0.1, 0.15) is 5.75 Å². The van der Waals surface area contributed by atoms with E-state index in [1.54, 1.807) is 25.1 Å². The quantitative estimate of drug-likeness (QED) is 0.497. The molecule has 6 nitrogen and oxygen atoms in total. The number of pyridine rings is 1. The standard InChI is InChI=1S/C27H30N2O4/c1-4-32-27(31)21-11-12-23-22(14-21)25(15-24(28-23)20-9-7-18(2)8-10-20)33-17-26(30)29-13-5-6-19(3)16-29/h7-12,14-15,19H,4-6,13,16-17H2,1-3H3/t19-/m0/s1. The van der Waals surface area contributed by atoms with Crippen LogP contribution in [0, 0.1) is 12.8 Å². The van der Waals surface area contributed by atoms with Crippen molar-refractivity contribution in [3.8, 4) is 17.0 Å². The fraction of sp³-hybridized carbons (Fsp3) is 0.370. The third-order valence-electron chi connectivity index (χ3n) is 5.99. The number of aryl methyl sites for hydroxylation is 1. The van der Waals surface area contributed by atoms with E-state index < -0.39 is 5.97 Å². The van der Waals surface area contributed by atoms with Crippen molar-refractivity contribution in [1.29, 1.82) is 0 Å². The van der Waals surface area contributed by atoms with Crippen LogP contribution in [0.15, 0.2) is 48.5 Å². The first-order valence-corrected chi connectivity index (χ1v) is 11.5. The monoisotopic (exact) mass is 446 g/mol. The van der Waals surface area contributed by atoms with Crippen molar-refractivity contribution in [2.24, 2.45) is 5.92 Å². The number of carbonyl (C=O) groups is 2. The zero-order valence-electron chi connectivity index (χ0n) is 19.5. The Morgan fingerprint density at radius 1 is 1.12 bits per heavy atom. The number of hydrogen-bond donors (Lipinski definition) is 0. The van der Waals surface area contributed by atoms with E-state index in [9.17, 15) is 9.59 Å². The Labute approximate surface area is 194 Å². The van der Waals surface area contributed by atoms with Crippen LogP contribution in [0.1, 0.15) is 42.6 Å². The van der Waals surface area contributed by atoms with Gasteiger partial charge in [-0.3, -0.25) is 4.79 Å². The molecule has 1 aliphatic heterocycles. The maximum Gasteiger partial charge on any atom is 0.338 e. The first-order chi connectivity index (χ1) is 15.9. The van der Waals surface area contributed by atoms with Gasteiger partial charge in [0.25, 0.3) is 5.91 Å². The number of likely N-dealkylation sites (tertiary alicyclic amines) is 1. The number of fused-ring (bicyclic) bond motifs is 1. The summed E-state index contributed by atoms with van der Waals surface area (Å²) in [5, 5.41) is 0.677.